The highest BCUT2D eigenvalue weighted by Gasteiger charge is 1.95. The summed E-state index contributed by atoms with van der Waals surface area (Å²) >= 11 is 0. The molecule has 0 spiro atoms. The number of unbranched alkanes of at least 4 members (excludes halogenated alkanes) is 5. The van der Waals surface area contributed by atoms with Crippen molar-refractivity contribution in [1.29, 1.82) is 0 Å². The van der Waals surface area contributed by atoms with E-state index in [1.165, 1.54) is 51.4 Å². The molecule has 0 aliphatic carbocycles. The van der Waals surface area contributed by atoms with E-state index in [9.17, 15) is 0 Å². The Morgan fingerprint density at radius 2 is 1.79 bits per heavy atom. The van der Waals surface area contributed by atoms with Crippen molar-refractivity contribution in [1.82, 2.24) is 0 Å². The third kappa shape index (κ3) is 13.2. The maximum Gasteiger partial charge on any atom is -0.0274 e. The molecule has 108 valence electrons. The van der Waals surface area contributed by atoms with Crippen molar-refractivity contribution >= 4 is 0 Å². The molecule has 0 heterocycles. The molecule has 19 heavy (non-hydrogen) atoms. The zero-order valence-corrected chi connectivity index (χ0v) is 13.1. The molecule has 0 unspecified atom stereocenters. The molecule has 0 saturated carbocycles. The fraction of sp³-hybridized carbons (Fsp3) is 0.632. The summed E-state index contributed by atoms with van der Waals surface area (Å²) in [6, 6.07) is 0. The maximum atomic E-state index is 3.76. The standard InChI is InChI=1S/C19H32/c1-4-7-9-11-12-13-14-16-18-19(6-3)17-15-10-8-5-2/h5,7,11,17H,2,4,6,8,10,12-16,18H2,1,3H3. The van der Waals surface area contributed by atoms with E-state index < -0.39 is 0 Å². The molecule has 0 aliphatic rings. The van der Waals surface area contributed by atoms with E-state index in [0.29, 0.717) is 0 Å². The second-order valence-electron chi connectivity index (χ2n) is 5.02. The molecule has 0 radical (unpaired) electrons. The van der Waals surface area contributed by atoms with Gasteiger partial charge in [-0.3, -0.25) is 0 Å². The van der Waals surface area contributed by atoms with E-state index in [-0.39, 0.29) is 0 Å². The van der Waals surface area contributed by atoms with Gasteiger partial charge < -0.3 is 0 Å². The van der Waals surface area contributed by atoms with Crippen LogP contribution in [0.15, 0.2) is 42.2 Å². The Kier molecular flexibility index (Phi) is 14.3. The lowest BCUT2D eigenvalue weighted by Gasteiger charge is -2.04. The van der Waals surface area contributed by atoms with Gasteiger partial charge in [-0.2, -0.15) is 0 Å². The van der Waals surface area contributed by atoms with E-state index in [1.54, 1.807) is 5.57 Å². The van der Waals surface area contributed by atoms with Gasteiger partial charge in [0.2, 0.25) is 0 Å². The van der Waals surface area contributed by atoms with Crippen LogP contribution in [0.3, 0.4) is 0 Å². The smallest absolute Gasteiger partial charge is 0.0274 e. The Balaban J connectivity index is 3.60. The Hall–Kier alpha value is -1.00. The molecular formula is C19H32. The van der Waals surface area contributed by atoms with Crippen molar-refractivity contribution in [2.75, 3.05) is 0 Å². The zero-order valence-electron chi connectivity index (χ0n) is 13.1. The van der Waals surface area contributed by atoms with E-state index in [4.69, 9.17) is 0 Å². The summed E-state index contributed by atoms with van der Waals surface area (Å²) in [7, 11) is 0. The minimum absolute atomic E-state index is 1.09. The van der Waals surface area contributed by atoms with Crippen LogP contribution in [0.25, 0.3) is 0 Å². The van der Waals surface area contributed by atoms with E-state index in [2.05, 4.69) is 44.4 Å². The van der Waals surface area contributed by atoms with Gasteiger partial charge in [-0.25, -0.2) is 0 Å². The van der Waals surface area contributed by atoms with Crippen LogP contribution in [0.5, 0.6) is 0 Å². The van der Waals surface area contributed by atoms with Gasteiger partial charge in [0.1, 0.15) is 0 Å². The van der Waals surface area contributed by atoms with Crippen LogP contribution in [0.1, 0.15) is 78.1 Å². The Morgan fingerprint density at radius 1 is 0.947 bits per heavy atom. The third-order valence-electron chi connectivity index (χ3n) is 3.29. The molecule has 0 rings (SSSR count). The molecule has 0 atom stereocenters. The first-order valence-electron chi connectivity index (χ1n) is 8.03. The van der Waals surface area contributed by atoms with Crippen molar-refractivity contribution in [3.8, 4) is 0 Å². The minimum atomic E-state index is 1.09. The van der Waals surface area contributed by atoms with Crippen LogP contribution in [0, 0.1) is 0 Å². The van der Waals surface area contributed by atoms with Crippen molar-refractivity contribution in [2.24, 2.45) is 0 Å². The summed E-state index contributed by atoms with van der Waals surface area (Å²) in [6.45, 7) is 8.19. The highest BCUT2D eigenvalue weighted by Crippen LogP contribution is 2.15. The molecule has 0 nitrogen and oxygen atoms in total. The van der Waals surface area contributed by atoms with Gasteiger partial charge in [0.05, 0.1) is 0 Å². The summed E-state index contributed by atoms with van der Waals surface area (Å²) in [5, 5.41) is 0. The molecule has 0 bridgehead atoms. The number of hydrogen-bond acceptors (Lipinski definition) is 0. The summed E-state index contributed by atoms with van der Waals surface area (Å²) in [6.07, 6.45) is 21.1. The van der Waals surface area contributed by atoms with Crippen LogP contribution < -0.4 is 0 Å². The molecule has 0 N–H and O–H groups in total. The highest BCUT2D eigenvalue weighted by atomic mass is 14.0. The van der Waals surface area contributed by atoms with Gasteiger partial charge in [0, 0.05) is 0 Å². The summed E-state index contributed by atoms with van der Waals surface area (Å²) in [5.41, 5.74) is 4.86. The number of hydrogen-bond donors (Lipinski definition) is 0. The minimum Gasteiger partial charge on any atom is -0.130 e. The van der Waals surface area contributed by atoms with Crippen LogP contribution >= 0.6 is 0 Å². The van der Waals surface area contributed by atoms with E-state index in [1.807, 2.05) is 6.08 Å². The molecule has 0 aliphatic heterocycles. The number of rotatable bonds is 12. The molecule has 0 amide bonds. The van der Waals surface area contributed by atoms with E-state index in [0.717, 1.165) is 12.8 Å². The SMILES string of the molecule is C=CCCCC=C(CC)CCCCCC=C=CCC. The Bertz CT molecular complexity index is 287. The van der Waals surface area contributed by atoms with Gasteiger partial charge in [-0.15, -0.1) is 12.3 Å². The van der Waals surface area contributed by atoms with Crippen molar-refractivity contribution in [3.63, 3.8) is 0 Å². The normalized spacial score (nSPS) is 10.9. The first-order chi connectivity index (χ1) is 9.35. The average Bonchev–Trinajstić information content (AvgIpc) is 2.44. The molecule has 0 aromatic heterocycles. The summed E-state index contributed by atoms with van der Waals surface area (Å²) in [5.74, 6) is 0. The third-order valence-corrected chi connectivity index (χ3v) is 3.29. The number of allylic oxidation sites excluding steroid dienone is 4. The van der Waals surface area contributed by atoms with Gasteiger partial charge in [0.15, 0.2) is 0 Å². The molecule has 0 heteroatoms. The average molecular weight is 260 g/mol. The lowest BCUT2D eigenvalue weighted by Crippen LogP contribution is -1.84. The quantitative estimate of drug-likeness (QED) is 0.207. The molecular weight excluding hydrogens is 228 g/mol. The maximum absolute atomic E-state index is 3.76. The van der Waals surface area contributed by atoms with Gasteiger partial charge in [-0.1, -0.05) is 38.0 Å². The first kappa shape index (κ1) is 18.0. The van der Waals surface area contributed by atoms with Gasteiger partial charge >= 0.3 is 0 Å². The fourth-order valence-corrected chi connectivity index (χ4v) is 2.05. The highest BCUT2D eigenvalue weighted by molar-refractivity contribution is 5.01. The summed E-state index contributed by atoms with van der Waals surface area (Å²) in [4.78, 5) is 0. The van der Waals surface area contributed by atoms with Gasteiger partial charge in [0.25, 0.3) is 0 Å². The zero-order chi connectivity index (χ0) is 14.2. The van der Waals surface area contributed by atoms with E-state index >= 15 is 0 Å². The lowest BCUT2D eigenvalue weighted by molar-refractivity contribution is 0.672. The predicted molar refractivity (Wildman–Crippen MR) is 88.5 cm³/mol. The van der Waals surface area contributed by atoms with Crippen LogP contribution in [0.2, 0.25) is 0 Å². The molecule has 0 fully saturated rings. The fourth-order valence-electron chi connectivity index (χ4n) is 2.05. The molecule has 0 aromatic rings. The second kappa shape index (κ2) is 15.1. The van der Waals surface area contributed by atoms with Crippen molar-refractivity contribution in [2.45, 2.75) is 78.1 Å². The second-order valence-corrected chi connectivity index (χ2v) is 5.02. The molecule has 0 saturated heterocycles. The van der Waals surface area contributed by atoms with Crippen LogP contribution in [-0.2, 0) is 0 Å². The predicted octanol–water partition coefficient (Wildman–Crippen LogP) is 6.75. The van der Waals surface area contributed by atoms with Crippen LogP contribution in [0.4, 0.5) is 0 Å². The van der Waals surface area contributed by atoms with Crippen LogP contribution in [-0.4, -0.2) is 0 Å². The topological polar surface area (TPSA) is 0 Å². The Labute approximate surface area is 121 Å². The van der Waals surface area contributed by atoms with Gasteiger partial charge in [-0.05, 0) is 69.9 Å². The molecule has 0 aromatic carbocycles. The lowest BCUT2D eigenvalue weighted by atomic mass is 10.0. The van der Waals surface area contributed by atoms with Crippen molar-refractivity contribution < 1.29 is 0 Å². The monoisotopic (exact) mass is 260 g/mol. The first-order valence-corrected chi connectivity index (χ1v) is 8.03. The largest absolute Gasteiger partial charge is 0.130 e. The summed E-state index contributed by atoms with van der Waals surface area (Å²) < 4.78 is 0. The van der Waals surface area contributed by atoms with Crippen molar-refractivity contribution in [3.05, 3.63) is 42.2 Å². The Morgan fingerprint density at radius 3 is 2.47 bits per heavy atom.